The van der Waals surface area contributed by atoms with Crippen LogP contribution in [-0.4, -0.2) is 11.0 Å². The van der Waals surface area contributed by atoms with Crippen LogP contribution in [0.1, 0.15) is 18.1 Å². The molecule has 2 atom stereocenters. The topological polar surface area (TPSA) is 9.23 Å². The molecular weight excluding hydrogens is 294 g/mol. The summed E-state index contributed by atoms with van der Waals surface area (Å²) in [6.45, 7) is 0.838. The molecule has 0 saturated carbocycles. The van der Waals surface area contributed by atoms with Crippen LogP contribution in [0.3, 0.4) is 0 Å². The van der Waals surface area contributed by atoms with Crippen molar-refractivity contribution in [1.29, 1.82) is 0 Å². The Bertz CT molecular complexity index is 299. The highest BCUT2D eigenvalue weighted by Crippen LogP contribution is 2.33. The van der Waals surface area contributed by atoms with Gasteiger partial charge in [-0.2, -0.15) is 0 Å². The Hall–Kier alpha value is -0.160. The second-order valence-electron chi connectivity index (χ2n) is 3.63. The molecule has 3 heteroatoms. The maximum Gasteiger partial charge on any atom is 0.123 e. The van der Waals surface area contributed by atoms with Crippen LogP contribution in [0.2, 0.25) is 0 Å². The molecule has 1 aliphatic rings. The number of halogens is 2. The molecule has 1 aliphatic heterocycles. The molecule has 0 spiro atoms. The van der Waals surface area contributed by atoms with E-state index in [4.69, 9.17) is 4.74 Å². The van der Waals surface area contributed by atoms with E-state index in [-0.39, 0.29) is 11.9 Å². The van der Waals surface area contributed by atoms with Gasteiger partial charge < -0.3 is 4.74 Å². The van der Waals surface area contributed by atoms with Gasteiger partial charge in [-0.15, -0.1) is 0 Å². The van der Waals surface area contributed by atoms with Crippen molar-refractivity contribution in [1.82, 2.24) is 0 Å². The number of hydrogen-bond acceptors (Lipinski definition) is 1. The van der Waals surface area contributed by atoms with Crippen LogP contribution in [0.4, 0.5) is 4.39 Å². The average Bonchev–Trinajstić information content (AvgIpc) is 2.67. The quantitative estimate of drug-likeness (QED) is 0.601. The number of ether oxygens (including phenoxy) is 1. The van der Waals surface area contributed by atoms with Crippen molar-refractivity contribution < 1.29 is 9.13 Å². The van der Waals surface area contributed by atoms with Crippen LogP contribution in [0.25, 0.3) is 0 Å². The highest BCUT2D eigenvalue weighted by Gasteiger charge is 2.25. The van der Waals surface area contributed by atoms with Gasteiger partial charge in [-0.3, -0.25) is 0 Å². The summed E-state index contributed by atoms with van der Waals surface area (Å²) < 4.78 is 19.5. The summed E-state index contributed by atoms with van der Waals surface area (Å²) in [6.07, 6.45) is 1.24. The van der Waals surface area contributed by atoms with Gasteiger partial charge in [0, 0.05) is 4.43 Å². The Labute approximate surface area is 96.8 Å². The molecule has 2 rings (SSSR count). The third-order valence-corrected chi connectivity index (χ3v) is 3.79. The van der Waals surface area contributed by atoms with Crippen molar-refractivity contribution >= 4 is 22.6 Å². The summed E-state index contributed by atoms with van der Waals surface area (Å²) in [5.74, 6) is 0.475. The number of benzene rings is 1. The van der Waals surface area contributed by atoms with E-state index in [1.807, 2.05) is 12.1 Å². The zero-order valence-electron chi connectivity index (χ0n) is 7.75. The first kappa shape index (κ1) is 10.4. The van der Waals surface area contributed by atoms with Gasteiger partial charge in [0.1, 0.15) is 5.82 Å². The lowest BCUT2D eigenvalue weighted by Gasteiger charge is -2.08. The van der Waals surface area contributed by atoms with Gasteiger partial charge in [-0.25, -0.2) is 4.39 Å². The molecule has 0 bridgehead atoms. The summed E-state index contributed by atoms with van der Waals surface area (Å²) in [5, 5.41) is 0. The van der Waals surface area contributed by atoms with E-state index < -0.39 is 0 Å². The minimum atomic E-state index is -0.183. The summed E-state index contributed by atoms with van der Waals surface area (Å²) in [4.78, 5) is 0. The second-order valence-corrected chi connectivity index (χ2v) is 4.51. The monoisotopic (exact) mass is 306 g/mol. The first-order chi connectivity index (χ1) is 6.79. The van der Waals surface area contributed by atoms with E-state index in [0.29, 0.717) is 5.92 Å². The summed E-state index contributed by atoms with van der Waals surface area (Å²) in [6, 6.07) is 6.62. The minimum absolute atomic E-state index is 0.176. The van der Waals surface area contributed by atoms with Gasteiger partial charge in [0.25, 0.3) is 0 Å². The van der Waals surface area contributed by atoms with Gasteiger partial charge in [0.05, 0.1) is 12.7 Å². The molecule has 0 amide bonds. The first-order valence-electron chi connectivity index (χ1n) is 4.72. The molecule has 76 valence electrons. The van der Waals surface area contributed by atoms with Crippen molar-refractivity contribution in [3.63, 3.8) is 0 Å². The largest absolute Gasteiger partial charge is 0.373 e. The average molecular weight is 306 g/mol. The Balaban J connectivity index is 2.06. The highest BCUT2D eigenvalue weighted by atomic mass is 127. The Morgan fingerprint density at radius 2 is 2.07 bits per heavy atom. The van der Waals surface area contributed by atoms with Crippen molar-refractivity contribution in [2.24, 2.45) is 5.92 Å². The molecule has 1 saturated heterocycles. The normalized spacial score (nSPS) is 26.7. The van der Waals surface area contributed by atoms with Crippen LogP contribution in [-0.2, 0) is 4.74 Å². The fourth-order valence-corrected chi connectivity index (χ4v) is 2.32. The fraction of sp³-hybridized carbons (Fsp3) is 0.455. The van der Waals surface area contributed by atoms with Crippen LogP contribution < -0.4 is 0 Å². The number of alkyl halides is 1. The molecule has 0 N–H and O–H groups in total. The van der Waals surface area contributed by atoms with Crippen molar-refractivity contribution in [3.05, 3.63) is 35.6 Å². The SMILES string of the molecule is Fc1ccc([C@@H]2C[C@H](CI)CO2)cc1. The second kappa shape index (κ2) is 4.57. The van der Waals surface area contributed by atoms with E-state index in [2.05, 4.69) is 22.6 Å². The molecule has 1 aromatic carbocycles. The summed E-state index contributed by atoms with van der Waals surface area (Å²) >= 11 is 2.38. The molecule has 1 aromatic rings. The molecule has 0 aliphatic carbocycles. The van der Waals surface area contributed by atoms with Gasteiger partial charge in [-0.05, 0) is 30.0 Å². The number of rotatable bonds is 2. The van der Waals surface area contributed by atoms with Gasteiger partial charge in [-0.1, -0.05) is 34.7 Å². The standard InChI is InChI=1S/C11H12FIO/c12-10-3-1-9(2-4-10)11-5-8(6-13)7-14-11/h1-4,8,11H,5-7H2/t8-,11+/m1/s1. The molecule has 1 heterocycles. The molecule has 14 heavy (non-hydrogen) atoms. The maximum atomic E-state index is 12.7. The van der Waals surface area contributed by atoms with Crippen LogP contribution in [0, 0.1) is 11.7 Å². The Kier molecular flexibility index (Phi) is 3.38. The van der Waals surface area contributed by atoms with Gasteiger partial charge in [0.2, 0.25) is 0 Å². The van der Waals surface area contributed by atoms with Crippen molar-refractivity contribution in [2.45, 2.75) is 12.5 Å². The summed E-state index contributed by atoms with van der Waals surface area (Å²) in [7, 11) is 0. The van der Waals surface area contributed by atoms with E-state index >= 15 is 0 Å². The fourth-order valence-electron chi connectivity index (χ4n) is 1.71. The van der Waals surface area contributed by atoms with E-state index in [1.54, 1.807) is 0 Å². The lowest BCUT2D eigenvalue weighted by Crippen LogP contribution is -1.98. The first-order valence-corrected chi connectivity index (χ1v) is 6.25. The molecule has 1 fully saturated rings. The van der Waals surface area contributed by atoms with Crippen LogP contribution in [0.5, 0.6) is 0 Å². The molecule has 1 nitrogen and oxygen atoms in total. The number of hydrogen-bond donors (Lipinski definition) is 0. The molecule has 0 unspecified atom stereocenters. The van der Waals surface area contributed by atoms with Gasteiger partial charge in [0.15, 0.2) is 0 Å². The van der Waals surface area contributed by atoms with Crippen molar-refractivity contribution in [2.75, 3.05) is 11.0 Å². The van der Waals surface area contributed by atoms with E-state index in [9.17, 15) is 4.39 Å². The zero-order valence-corrected chi connectivity index (χ0v) is 9.91. The third-order valence-electron chi connectivity index (χ3n) is 2.54. The molecule has 0 aromatic heterocycles. The van der Waals surface area contributed by atoms with Gasteiger partial charge >= 0.3 is 0 Å². The van der Waals surface area contributed by atoms with E-state index in [1.165, 1.54) is 12.1 Å². The van der Waals surface area contributed by atoms with E-state index in [0.717, 1.165) is 23.0 Å². The predicted molar refractivity (Wildman–Crippen MR) is 62.1 cm³/mol. The molecule has 0 radical (unpaired) electrons. The molecular formula is C11H12FIO. The minimum Gasteiger partial charge on any atom is -0.373 e. The Morgan fingerprint density at radius 3 is 2.64 bits per heavy atom. The van der Waals surface area contributed by atoms with Crippen LogP contribution >= 0.6 is 22.6 Å². The smallest absolute Gasteiger partial charge is 0.123 e. The highest BCUT2D eigenvalue weighted by molar-refractivity contribution is 14.1. The predicted octanol–water partition coefficient (Wildman–Crippen LogP) is 3.34. The third kappa shape index (κ3) is 2.25. The lowest BCUT2D eigenvalue weighted by atomic mass is 10.0. The van der Waals surface area contributed by atoms with Crippen LogP contribution in [0.15, 0.2) is 24.3 Å². The van der Waals surface area contributed by atoms with Crippen molar-refractivity contribution in [3.8, 4) is 0 Å². The zero-order chi connectivity index (χ0) is 9.97. The lowest BCUT2D eigenvalue weighted by molar-refractivity contribution is 0.108. The summed E-state index contributed by atoms with van der Waals surface area (Å²) in [5.41, 5.74) is 1.10. The Morgan fingerprint density at radius 1 is 1.36 bits per heavy atom. The maximum absolute atomic E-state index is 12.7.